The zero-order valence-corrected chi connectivity index (χ0v) is 9.86. The smallest absolute Gasteiger partial charge is 0.258 e. The summed E-state index contributed by atoms with van der Waals surface area (Å²) in [5, 5.41) is 23.3. The van der Waals surface area contributed by atoms with Crippen LogP contribution in [0.15, 0.2) is 28.9 Å². The van der Waals surface area contributed by atoms with Crippen LogP contribution in [0, 0.1) is 0 Å². The molecular weight excluding hydrogens is 250 g/mol. The summed E-state index contributed by atoms with van der Waals surface area (Å²) >= 11 is 0. The van der Waals surface area contributed by atoms with E-state index in [1.54, 1.807) is 12.1 Å². The molecule has 1 aromatic carbocycles. The van der Waals surface area contributed by atoms with Crippen molar-refractivity contribution in [3.8, 4) is 34.5 Å². The van der Waals surface area contributed by atoms with Crippen molar-refractivity contribution in [3.05, 3.63) is 24.4 Å². The van der Waals surface area contributed by atoms with Gasteiger partial charge in [0.25, 0.3) is 5.89 Å². The second-order valence-corrected chi connectivity index (χ2v) is 3.67. The van der Waals surface area contributed by atoms with Crippen molar-refractivity contribution in [3.63, 3.8) is 0 Å². The van der Waals surface area contributed by atoms with Gasteiger partial charge in [-0.2, -0.15) is 20.4 Å². The van der Waals surface area contributed by atoms with Gasteiger partial charge in [-0.15, -0.1) is 0 Å². The summed E-state index contributed by atoms with van der Waals surface area (Å²) in [6, 6.07) is 4.75. The van der Waals surface area contributed by atoms with E-state index in [1.807, 2.05) is 0 Å². The van der Waals surface area contributed by atoms with Crippen LogP contribution >= 0.6 is 0 Å². The van der Waals surface area contributed by atoms with E-state index in [2.05, 4.69) is 25.6 Å². The molecule has 3 aromatic rings. The van der Waals surface area contributed by atoms with Gasteiger partial charge in [-0.25, -0.2) is 0 Å². The van der Waals surface area contributed by atoms with E-state index in [9.17, 15) is 5.11 Å². The third-order valence-electron chi connectivity index (χ3n) is 2.50. The molecule has 3 rings (SSSR count). The number of H-pyrrole nitrogens is 1. The third-order valence-corrected chi connectivity index (χ3v) is 2.50. The fourth-order valence-corrected chi connectivity index (χ4v) is 1.56. The molecule has 8 nitrogen and oxygen atoms in total. The first-order valence-electron chi connectivity index (χ1n) is 5.35. The van der Waals surface area contributed by atoms with Crippen molar-refractivity contribution >= 4 is 0 Å². The summed E-state index contributed by atoms with van der Waals surface area (Å²) in [5.41, 5.74) is 1.12. The van der Waals surface area contributed by atoms with E-state index >= 15 is 0 Å². The molecule has 0 atom stereocenters. The molecule has 0 unspecified atom stereocenters. The number of aromatic hydroxyl groups is 1. The van der Waals surface area contributed by atoms with Gasteiger partial charge in [0.05, 0.1) is 13.3 Å². The second kappa shape index (κ2) is 4.41. The normalized spacial score (nSPS) is 10.6. The van der Waals surface area contributed by atoms with Crippen LogP contribution in [0.5, 0.6) is 11.5 Å². The van der Waals surface area contributed by atoms with Gasteiger partial charge in [0, 0.05) is 5.56 Å². The summed E-state index contributed by atoms with van der Waals surface area (Å²) in [6.07, 6.45) is 1.49. The van der Waals surface area contributed by atoms with Gasteiger partial charge in [-0.3, -0.25) is 0 Å². The Morgan fingerprint density at radius 3 is 3.00 bits per heavy atom. The number of nitrogens with one attached hydrogen (secondary N) is 1. The number of hydrogen-bond acceptors (Lipinski definition) is 7. The van der Waals surface area contributed by atoms with Crippen LogP contribution < -0.4 is 4.74 Å². The van der Waals surface area contributed by atoms with E-state index in [0.717, 1.165) is 0 Å². The quantitative estimate of drug-likeness (QED) is 0.727. The predicted octanol–water partition coefficient (Wildman–Crippen LogP) is 1.24. The Kier molecular flexibility index (Phi) is 2.60. The molecule has 0 spiro atoms. The average Bonchev–Trinajstić information content (AvgIpc) is 3.10. The van der Waals surface area contributed by atoms with E-state index in [4.69, 9.17) is 9.26 Å². The van der Waals surface area contributed by atoms with Gasteiger partial charge >= 0.3 is 0 Å². The Morgan fingerprint density at radius 2 is 2.26 bits per heavy atom. The Morgan fingerprint density at radius 1 is 1.37 bits per heavy atom. The van der Waals surface area contributed by atoms with Crippen LogP contribution in [-0.2, 0) is 0 Å². The van der Waals surface area contributed by atoms with Crippen LogP contribution in [0.1, 0.15) is 0 Å². The minimum Gasteiger partial charge on any atom is -0.504 e. The molecule has 0 radical (unpaired) electrons. The molecule has 0 aliphatic rings. The molecular formula is C11H9N5O3. The fourth-order valence-electron chi connectivity index (χ4n) is 1.56. The lowest BCUT2D eigenvalue weighted by Gasteiger charge is -2.03. The highest BCUT2D eigenvalue weighted by atomic mass is 16.5. The largest absolute Gasteiger partial charge is 0.504 e. The standard InChI is InChI=1S/C11H9N5O3/c1-18-9-4-6(2-3-8(9)17)11-13-10(15-19-11)7-5-12-16-14-7/h2-5,17H,1H3,(H,12,14,16). The number of hydrogen-bond donors (Lipinski definition) is 2. The van der Waals surface area contributed by atoms with Crippen LogP contribution in [0.2, 0.25) is 0 Å². The summed E-state index contributed by atoms with van der Waals surface area (Å²) in [6.45, 7) is 0. The molecule has 2 aromatic heterocycles. The van der Waals surface area contributed by atoms with Gasteiger partial charge in [0.15, 0.2) is 17.2 Å². The summed E-state index contributed by atoms with van der Waals surface area (Å²) in [5.74, 6) is 1.01. The van der Waals surface area contributed by atoms with Gasteiger partial charge in [-0.1, -0.05) is 5.16 Å². The number of rotatable bonds is 3. The molecule has 0 amide bonds. The highest BCUT2D eigenvalue weighted by Crippen LogP contribution is 2.31. The van der Waals surface area contributed by atoms with Crippen LogP contribution in [0.3, 0.4) is 0 Å². The van der Waals surface area contributed by atoms with Gasteiger partial charge in [0.1, 0.15) is 0 Å². The van der Waals surface area contributed by atoms with E-state index < -0.39 is 0 Å². The maximum atomic E-state index is 9.52. The van der Waals surface area contributed by atoms with Crippen molar-refractivity contribution in [1.29, 1.82) is 0 Å². The van der Waals surface area contributed by atoms with Gasteiger partial charge < -0.3 is 14.4 Å². The number of methoxy groups -OCH3 is 1. The monoisotopic (exact) mass is 259 g/mol. The molecule has 0 aliphatic heterocycles. The molecule has 2 heterocycles. The average molecular weight is 259 g/mol. The lowest BCUT2D eigenvalue weighted by atomic mass is 10.2. The first-order valence-corrected chi connectivity index (χ1v) is 5.35. The number of aromatic amines is 1. The SMILES string of the molecule is COc1cc(-c2nc(-c3cn[nH]n3)no2)ccc1O. The minimum atomic E-state index is 0.0440. The summed E-state index contributed by atoms with van der Waals surface area (Å²) < 4.78 is 10.2. The molecule has 96 valence electrons. The number of phenols is 1. The predicted molar refractivity (Wildman–Crippen MR) is 63.3 cm³/mol. The molecule has 0 fully saturated rings. The molecule has 8 heteroatoms. The van der Waals surface area contributed by atoms with Crippen LogP contribution in [0.25, 0.3) is 23.0 Å². The molecule has 0 saturated carbocycles. The highest BCUT2D eigenvalue weighted by molar-refractivity contribution is 5.61. The summed E-state index contributed by atoms with van der Waals surface area (Å²) in [7, 11) is 1.47. The number of ether oxygens (including phenoxy) is 1. The van der Waals surface area contributed by atoms with Crippen LogP contribution in [0.4, 0.5) is 0 Å². The maximum absolute atomic E-state index is 9.52. The molecule has 19 heavy (non-hydrogen) atoms. The Labute approximate surface area is 107 Å². The second-order valence-electron chi connectivity index (χ2n) is 3.67. The zero-order chi connectivity index (χ0) is 13.2. The van der Waals surface area contributed by atoms with Crippen molar-refractivity contribution in [2.45, 2.75) is 0 Å². The van der Waals surface area contributed by atoms with E-state index in [-0.39, 0.29) is 5.75 Å². The van der Waals surface area contributed by atoms with Crippen molar-refractivity contribution in [1.82, 2.24) is 25.6 Å². The Bertz CT molecular complexity index is 692. The molecule has 0 bridgehead atoms. The molecule has 0 aliphatic carbocycles. The minimum absolute atomic E-state index is 0.0440. The Balaban J connectivity index is 1.99. The summed E-state index contributed by atoms with van der Waals surface area (Å²) in [4.78, 5) is 4.19. The van der Waals surface area contributed by atoms with Crippen molar-refractivity contribution in [2.75, 3.05) is 7.11 Å². The van der Waals surface area contributed by atoms with Gasteiger partial charge in [0.2, 0.25) is 5.82 Å². The molecule has 0 saturated heterocycles. The van der Waals surface area contributed by atoms with Crippen molar-refractivity contribution < 1.29 is 14.4 Å². The lowest BCUT2D eigenvalue weighted by molar-refractivity contribution is 0.373. The third kappa shape index (κ3) is 1.99. The zero-order valence-electron chi connectivity index (χ0n) is 9.86. The number of phenolic OH excluding ortho intramolecular Hbond substituents is 1. The fraction of sp³-hybridized carbons (Fsp3) is 0.0909. The molecule has 2 N–H and O–H groups in total. The van der Waals surface area contributed by atoms with Gasteiger partial charge in [-0.05, 0) is 18.2 Å². The topological polar surface area (TPSA) is 110 Å². The number of nitrogens with zero attached hydrogens (tertiary/aromatic N) is 4. The van der Waals surface area contributed by atoms with Crippen molar-refractivity contribution in [2.24, 2.45) is 0 Å². The number of aromatic nitrogens is 5. The number of benzene rings is 1. The van der Waals surface area contributed by atoms with E-state index in [0.29, 0.717) is 28.7 Å². The Hall–Kier alpha value is -2.90. The lowest BCUT2D eigenvalue weighted by Crippen LogP contribution is -1.85. The first-order chi connectivity index (χ1) is 9.28. The first kappa shape index (κ1) is 11.2. The van der Waals surface area contributed by atoms with E-state index in [1.165, 1.54) is 19.4 Å². The van der Waals surface area contributed by atoms with Crippen LogP contribution in [-0.4, -0.2) is 37.8 Å². The highest BCUT2D eigenvalue weighted by Gasteiger charge is 2.14. The maximum Gasteiger partial charge on any atom is 0.258 e.